The Hall–Kier alpha value is -2.33. The van der Waals surface area contributed by atoms with Crippen LogP contribution in [0.25, 0.3) is 10.9 Å². The maximum atomic E-state index is 13.0. The zero-order chi connectivity index (χ0) is 14.1. The topological polar surface area (TPSA) is 44.9 Å². The molecule has 0 atom stereocenters. The third kappa shape index (κ3) is 2.38. The van der Waals surface area contributed by atoms with Gasteiger partial charge in [0.25, 0.3) is 5.91 Å². The number of hydrogen-bond donors (Lipinski definition) is 2. The quantitative estimate of drug-likeness (QED) is 0.729. The lowest BCUT2D eigenvalue weighted by molar-refractivity contribution is 0.102. The summed E-state index contributed by atoms with van der Waals surface area (Å²) >= 11 is 5.67. The van der Waals surface area contributed by atoms with Crippen molar-refractivity contribution in [1.29, 1.82) is 0 Å². The van der Waals surface area contributed by atoms with Crippen LogP contribution in [0.2, 0.25) is 5.02 Å². The summed E-state index contributed by atoms with van der Waals surface area (Å²) < 4.78 is 13.0. The molecule has 0 saturated heterocycles. The zero-order valence-corrected chi connectivity index (χ0v) is 11.0. The van der Waals surface area contributed by atoms with E-state index < -0.39 is 5.82 Å². The molecule has 0 bridgehead atoms. The summed E-state index contributed by atoms with van der Waals surface area (Å²) in [6, 6.07) is 13.4. The largest absolute Gasteiger partial charge is 0.351 e. The summed E-state index contributed by atoms with van der Waals surface area (Å²) in [5.41, 5.74) is 1.77. The van der Waals surface area contributed by atoms with Gasteiger partial charge in [-0.15, -0.1) is 0 Å². The minimum absolute atomic E-state index is 0.0283. The molecule has 1 amide bonds. The van der Waals surface area contributed by atoms with Gasteiger partial charge in [0.2, 0.25) is 0 Å². The van der Waals surface area contributed by atoms with Gasteiger partial charge in [0.1, 0.15) is 11.5 Å². The lowest BCUT2D eigenvalue weighted by Gasteiger charge is -2.04. The molecule has 3 aromatic rings. The predicted octanol–water partition coefficient (Wildman–Crippen LogP) is 4.21. The predicted molar refractivity (Wildman–Crippen MR) is 77.7 cm³/mol. The molecule has 1 heterocycles. The summed E-state index contributed by atoms with van der Waals surface area (Å²) in [6.45, 7) is 0. The van der Waals surface area contributed by atoms with Crippen LogP contribution in [0.1, 0.15) is 10.5 Å². The van der Waals surface area contributed by atoms with Gasteiger partial charge in [0.05, 0.1) is 5.02 Å². The number of rotatable bonds is 2. The average molecular weight is 289 g/mol. The molecular formula is C15H10ClFN2O. The number of aromatic nitrogens is 1. The number of para-hydroxylation sites is 1. The number of fused-ring (bicyclic) bond motifs is 1. The minimum atomic E-state index is -0.518. The highest BCUT2D eigenvalue weighted by Gasteiger charge is 2.10. The highest BCUT2D eigenvalue weighted by Crippen LogP contribution is 2.20. The van der Waals surface area contributed by atoms with E-state index in [0.29, 0.717) is 11.4 Å². The molecule has 3 rings (SSSR count). The Kier molecular flexibility index (Phi) is 3.16. The van der Waals surface area contributed by atoms with Gasteiger partial charge in [-0.3, -0.25) is 4.79 Å². The lowest BCUT2D eigenvalue weighted by Crippen LogP contribution is -2.12. The Bertz CT molecular complexity index is 764. The van der Waals surface area contributed by atoms with E-state index in [-0.39, 0.29) is 10.9 Å². The second kappa shape index (κ2) is 4.98. The maximum Gasteiger partial charge on any atom is 0.272 e. The first-order valence-corrected chi connectivity index (χ1v) is 6.35. The van der Waals surface area contributed by atoms with E-state index in [9.17, 15) is 9.18 Å². The molecule has 0 unspecified atom stereocenters. The third-order valence-electron chi connectivity index (χ3n) is 2.95. The smallest absolute Gasteiger partial charge is 0.272 e. The van der Waals surface area contributed by atoms with Crippen LogP contribution in [-0.2, 0) is 0 Å². The van der Waals surface area contributed by atoms with Crippen molar-refractivity contribution in [1.82, 2.24) is 4.98 Å². The van der Waals surface area contributed by atoms with Gasteiger partial charge in [0, 0.05) is 16.6 Å². The highest BCUT2D eigenvalue weighted by atomic mass is 35.5. The molecule has 2 aromatic carbocycles. The van der Waals surface area contributed by atoms with E-state index >= 15 is 0 Å². The molecule has 20 heavy (non-hydrogen) atoms. The Morgan fingerprint density at radius 2 is 1.95 bits per heavy atom. The number of halogens is 2. The number of H-pyrrole nitrogens is 1. The number of carbonyl (C=O) groups is 1. The molecule has 0 radical (unpaired) electrons. The summed E-state index contributed by atoms with van der Waals surface area (Å²) in [5, 5.41) is 3.59. The van der Waals surface area contributed by atoms with Crippen LogP contribution in [0.15, 0.2) is 48.5 Å². The van der Waals surface area contributed by atoms with E-state index in [1.54, 1.807) is 6.07 Å². The van der Waals surface area contributed by atoms with Gasteiger partial charge in [-0.1, -0.05) is 29.8 Å². The molecule has 2 N–H and O–H groups in total. The van der Waals surface area contributed by atoms with Crippen LogP contribution in [0, 0.1) is 5.82 Å². The average Bonchev–Trinajstić information content (AvgIpc) is 2.87. The van der Waals surface area contributed by atoms with Crippen LogP contribution in [0.5, 0.6) is 0 Å². The van der Waals surface area contributed by atoms with Crippen LogP contribution >= 0.6 is 11.6 Å². The molecule has 5 heteroatoms. The Labute approximate surface area is 119 Å². The van der Waals surface area contributed by atoms with Gasteiger partial charge in [-0.05, 0) is 30.3 Å². The first-order chi connectivity index (χ1) is 9.63. The van der Waals surface area contributed by atoms with Crippen LogP contribution < -0.4 is 5.32 Å². The van der Waals surface area contributed by atoms with Gasteiger partial charge >= 0.3 is 0 Å². The fourth-order valence-corrected chi connectivity index (χ4v) is 2.15. The number of nitrogens with one attached hydrogen (secondary N) is 2. The molecule has 0 fully saturated rings. The fraction of sp³-hybridized carbons (Fsp3) is 0. The van der Waals surface area contributed by atoms with Gasteiger partial charge in [-0.2, -0.15) is 0 Å². The Balaban J connectivity index is 1.86. The minimum Gasteiger partial charge on any atom is -0.351 e. The number of benzene rings is 2. The number of amides is 1. The fourth-order valence-electron chi connectivity index (χ4n) is 1.97. The van der Waals surface area contributed by atoms with Crippen molar-refractivity contribution >= 4 is 34.1 Å². The lowest BCUT2D eigenvalue weighted by atomic mass is 10.2. The molecule has 0 spiro atoms. The number of anilines is 1. The van der Waals surface area contributed by atoms with Crippen molar-refractivity contribution in [2.75, 3.05) is 5.32 Å². The van der Waals surface area contributed by atoms with Crippen molar-refractivity contribution < 1.29 is 9.18 Å². The number of hydrogen-bond acceptors (Lipinski definition) is 1. The molecule has 0 aliphatic heterocycles. The van der Waals surface area contributed by atoms with Crippen molar-refractivity contribution in [3.8, 4) is 0 Å². The highest BCUT2D eigenvalue weighted by molar-refractivity contribution is 6.31. The SMILES string of the molecule is O=C(Nc1ccc(F)c(Cl)c1)c1cc2ccccc2[nH]1. The van der Waals surface area contributed by atoms with Crippen molar-refractivity contribution in [3.05, 3.63) is 65.1 Å². The Morgan fingerprint density at radius 3 is 2.70 bits per heavy atom. The maximum absolute atomic E-state index is 13.0. The van der Waals surface area contributed by atoms with Crippen LogP contribution in [0.3, 0.4) is 0 Å². The van der Waals surface area contributed by atoms with Crippen LogP contribution in [0.4, 0.5) is 10.1 Å². The molecule has 3 nitrogen and oxygen atoms in total. The summed E-state index contributed by atoms with van der Waals surface area (Å²) in [4.78, 5) is 15.1. The number of carbonyl (C=O) groups excluding carboxylic acids is 1. The van der Waals surface area contributed by atoms with E-state index in [4.69, 9.17) is 11.6 Å². The second-order valence-electron chi connectivity index (χ2n) is 4.35. The van der Waals surface area contributed by atoms with Crippen molar-refractivity contribution in [3.63, 3.8) is 0 Å². The van der Waals surface area contributed by atoms with Crippen LogP contribution in [-0.4, -0.2) is 10.9 Å². The standard InChI is InChI=1S/C15H10ClFN2O/c16-11-8-10(5-6-12(11)17)18-15(20)14-7-9-3-1-2-4-13(9)19-14/h1-8,19H,(H,18,20). The summed E-state index contributed by atoms with van der Waals surface area (Å²) in [5.74, 6) is -0.820. The molecule has 0 saturated carbocycles. The Morgan fingerprint density at radius 1 is 1.15 bits per heavy atom. The van der Waals surface area contributed by atoms with E-state index in [1.807, 2.05) is 24.3 Å². The van der Waals surface area contributed by atoms with Crippen molar-refractivity contribution in [2.45, 2.75) is 0 Å². The molecule has 1 aromatic heterocycles. The van der Waals surface area contributed by atoms with Gasteiger partial charge < -0.3 is 10.3 Å². The van der Waals surface area contributed by atoms with Gasteiger partial charge in [0.15, 0.2) is 0 Å². The first kappa shape index (κ1) is 12.7. The third-order valence-corrected chi connectivity index (χ3v) is 3.24. The molecular weight excluding hydrogens is 279 g/mol. The summed E-state index contributed by atoms with van der Waals surface area (Å²) in [7, 11) is 0. The normalized spacial score (nSPS) is 10.7. The van der Waals surface area contributed by atoms with E-state index in [0.717, 1.165) is 10.9 Å². The first-order valence-electron chi connectivity index (χ1n) is 5.97. The number of aromatic amines is 1. The van der Waals surface area contributed by atoms with E-state index in [1.165, 1.54) is 18.2 Å². The monoisotopic (exact) mass is 288 g/mol. The van der Waals surface area contributed by atoms with Gasteiger partial charge in [-0.25, -0.2) is 4.39 Å². The molecule has 0 aliphatic rings. The zero-order valence-electron chi connectivity index (χ0n) is 10.3. The summed E-state index contributed by atoms with van der Waals surface area (Å²) in [6.07, 6.45) is 0. The molecule has 100 valence electrons. The van der Waals surface area contributed by atoms with Crippen molar-refractivity contribution in [2.24, 2.45) is 0 Å². The molecule has 0 aliphatic carbocycles. The van der Waals surface area contributed by atoms with E-state index in [2.05, 4.69) is 10.3 Å². The second-order valence-corrected chi connectivity index (χ2v) is 4.76.